The van der Waals surface area contributed by atoms with Crippen LogP contribution in [0.4, 0.5) is 17.6 Å². The number of nitrogens with zero attached hydrogens (tertiary/aromatic N) is 5. The van der Waals surface area contributed by atoms with Gasteiger partial charge in [0.15, 0.2) is 5.11 Å². The van der Waals surface area contributed by atoms with E-state index < -0.39 is 0 Å². The zero-order valence-electron chi connectivity index (χ0n) is 19.7. The molecule has 0 radical (unpaired) electrons. The number of piperidine rings is 2. The third-order valence-electron chi connectivity index (χ3n) is 6.70. The SMILES string of the molecule is CC1CCCN(c2cc(N3CCCC(C)C3)nc(NC(=S)NCCN3CCOCC3)n2)C1. The van der Waals surface area contributed by atoms with Crippen molar-refractivity contribution >= 4 is 34.9 Å². The predicted molar refractivity (Wildman–Crippen MR) is 135 cm³/mol. The Morgan fingerprint density at radius 3 is 2.16 bits per heavy atom. The van der Waals surface area contributed by atoms with Gasteiger partial charge in [0.05, 0.1) is 13.2 Å². The van der Waals surface area contributed by atoms with Crippen molar-refractivity contribution < 1.29 is 4.74 Å². The van der Waals surface area contributed by atoms with Crippen LogP contribution < -0.4 is 20.4 Å². The molecule has 0 aromatic carbocycles. The zero-order valence-corrected chi connectivity index (χ0v) is 20.5. The summed E-state index contributed by atoms with van der Waals surface area (Å²) < 4.78 is 5.42. The second kappa shape index (κ2) is 11.4. The zero-order chi connectivity index (χ0) is 22.3. The smallest absolute Gasteiger partial charge is 0.232 e. The second-order valence-corrected chi connectivity index (χ2v) is 10.0. The lowest BCUT2D eigenvalue weighted by molar-refractivity contribution is 0.0389. The van der Waals surface area contributed by atoms with E-state index in [-0.39, 0.29) is 0 Å². The highest BCUT2D eigenvalue weighted by Crippen LogP contribution is 2.28. The van der Waals surface area contributed by atoms with Crippen LogP contribution >= 0.6 is 12.2 Å². The van der Waals surface area contributed by atoms with Gasteiger partial charge in [-0.3, -0.25) is 4.90 Å². The number of thiocarbonyl (C=S) groups is 1. The molecule has 0 amide bonds. The Balaban J connectivity index is 1.42. The highest BCUT2D eigenvalue weighted by Gasteiger charge is 2.23. The molecule has 3 fully saturated rings. The van der Waals surface area contributed by atoms with E-state index in [9.17, 15) is 0 Å². The molecular weight excluding hydrogens is 422 g/mol. The standard InChI is InChI=1S/C23H39N7OS/c1-18-5-3-8-29(16-18)20-15-21(30-9-4-6-19(2)17-30)26-22(25-20)27-23(32)24-7-10-28-11-13-31-14-12-28/h15,18-19H,3-14,16-17H2,1-2H3,(H2,24,25,26,27,32). The van der Waals surface area contributed by atoms with Gasteiger partial charge in [-0.05, 0) is 49.7 Å². The number of anilines is 3. The van der Waals surface area contributed by atoms with E-state index in [1.165, 1.54) is 25.7 Å². The van der Waals surface area contributed by atoms with Gasteiger partial charge in [0.25, 0.3) is 0 Å². The maximum Gasteiger partial charge on any atom is 0.232 e. The van der Waals surface area contributed by atoms with Gasteiger partial charge in [-0.25, -0.2) is 0 Å². The van der Waals surface area contributed by atoms with Crippen LogP contribution in [0, 0.1) is 11.8 Å². The summed E-state index contributed by atoms with van der Waals surface area (Å²) >= 11 is 5.57. The van der Waals surface area contributed by atoms with Crippen molar-refractivity contribution in [2.24, 2.45) is 11.8 Å². The van der Waals surface area contributed by atoms with E-state index >= 15 is 0 Å². The number of nitrogens with one attached hydrogen (secondary N) is 2. The fourth-order valence-electron chi connectivity index (χ4n) is 4.89. The third kappa shape index (κ3) is 6.65. The fraction of sp³-hybridized carbons (Fsp3) is 0.783. The van der Waals surface area contributed by atoms with Gasteiger partial charge in [-0.1, -0.05) is 13.8 Å². The summed E-state index contributed by atoms with van der Waals surface area (Å²) in [6, 6.07) is 2.18. The molecule has 32 heavy (non-hydrogen) atoms. The molecule has 1 aromatic heterocycles. The Morgan fingerprint density at radius 2 is 1.59 bits per heavy atom. The Morgan fingerprint density at radius 1 is 1.00 bits per heavy atom. The lowest BCUT2D eigenvalue weighted by atomic mass is 10.00. The summed E-state index contributed by atoms with van der Waals surface area (Å²) in [4.78, 5) is 16.9. The number of morpholine rings is 1. The first-order valence-corrected chi connectivity index (χ1v) is 12.7. The van der Waals surface area contributed by atoms with Crippen LogP contribution in [0.1, 0.15) is 39.5 Å². The molecular formula is C23H39N7OS. The number of aromatic nitrogens is 2. The normalized spacial score (nSPS) is 24.9. The number of ether oxygens (including phenoxy) is 1. The van der Waals surface area contributed by atoms with Crippen LogP contribution in [0.25, 0.3) is 0 Å². The van der Waals surface area contributed by atoms with Crippen molar-refractivity contribution in [2.75, 3.05) is 80.7 Å². The Kier molecular flexibility index (Phi) is 8.37. The highest BCUT2D eigenvalue weighted by atomic mass is 32.1. The van der Waals surface area contributed by atoms with Crippen LogP contribution in [0.2, 0.25) is 0 Å². The van der Waals surface area contributed by atoms with Crippen LogP contribution in [0.3, 0.4) is 0 Å². The second-order valence-electron chi connectivity index (χ2n) is 9.63. The molecule has 3 aliphatic rings. The Hall–Kier alpha value is -1.71. The first-order chi connectivity index (χ1) is 15.6. The van der Waals surface area contributed by atoms with Gasteiger partial charge in [-0.2, -0.15) is 9.97 Å². The van der Waals surface area contributed by atoms with E-state index in [1.807, 2.05) is 0 Å². The molecule has 3 saturated heterocycles. The predicted octanol–water partition coefficient (Wildman–Crippen LogP) is 2.57. The topological polar surface area (TPSA) is 68.8 Å². The van der Waals surface area contributed by atoms with Gasteiger partial charge in [0, 0.05) is 58.4 Å². The van der Waals surface area contributed by atoms with E-state index in [2.05, 4.69) is 45.2 Å². The molecule has 1 aromatic rings. The molecule has 0 aliphatic carbocycles. The molecule has 4 heterocycles. The number of hydrogen-bond acceptors (Lipinski definition) is 7. The van der Waals surface area contributed by atoms with E-state index in [4.69, 9.17) is 26.9 Å². The van der Waals surface area contributed by atoms with Crippen molar-refractivity contribution in [1.29, 1.82) is 0 Å². The summed E-state index contributed by atoms with van der Waals surface area (Å²) in [5, 5.41) is 7.17. The minimum Gasteiger partial charge on any atom is -0.379 e. The van der Waals surface area contributed by atoms with Crippen molar-refractivity contribution in [1.82, 2.24) is 20.2 Å². The summed E-state index contributed by atoms with van der Waals surface area (Å²) in [7, 11) is 0. The summed E-state index contributed by atoms with van der Waals surface area (Å²) in [6.07, 6.45) is 5.01. The van der Waals surface area contributed by atoms with Gasteiger partial charge in [-0.15, -0.1) is 0 Å². The summed E-state index contributed by atoms with van der Waals surface area (Å²) in [6.45, 7) is 14.2. The first-order valence-electron chi connectivity index (χ1n) is 12.3. The average molecular weight is 462 g/mol. The largest absolute Gasteiger partial charge is 0.379 e. The van der Waals surface area contributed by atoms with Crippen molar-refractivity contribution in [3.05, 3.63) is 6.07 Å². The fourth-order valence-corrected chi connectivity index (χ4v) is 5.09. The maximum absolute atomic E-state index is 5.57. The number of hydrogen-bond donors (Lipinski definition) is 2. The summed E-state index contributed by atoms with van der Waals surface area (Å²) in [5.74, 6) is 4.00. The van der Waals surface area contributed by atoms with Gasteiger partial charge in [0.1, 0.15) is 11.6 Å². The van der Waals surface area contributed by atoms with Crippen molar-refractivity contribution in [3.63, 3.8) is 0 Å². The highest BCUT2D eigenvalue weighted by molar-refractivity contribution is 7.80. The molecule has 0 bridgehead atoms. The lowest BCUT2D eigenvalue weighted by Gasteiger charge is -2.35. The molecule has 2 atom stereocenters. The molecule has 2 unspecified atom stereocenters. The molecule has 4 rings (SSSR count). The molecule has 8 nitrogen and oxygen atoms in total. The van der Waals surface area contributed by atoms with E-state index in [0.29, 0.717) is 22.9 Å². The third-order valence-corrected chi connectivity index (χ3v) is 6.95. The lowest BCUT2D eigenvalue weighted by Crippen LogP contribution is -2.42. The Bertz CT molecular complexity index is 718. The van der Waals surface area contributed by atoms with Crippen LogP contribution in [0.5, 0.6) is 0 Å². The van der Waals surface area contributed by atoms with E-state index in [1.54, 1.807) is 0 Å². The summed E-state index contributed by atoms with van der Waals surface area (Å²) in [5.41, 5.74) is 0. The molecule has 2 N–H and O–H groups in total. The monoisotopic (exact) mass is 461 g/mol. The van der Waals surface area contributed by atoms with Crippen LogP contribution in [0.15, 0.2) is 6.07 Å². The molecule has 0 saturated carbocycles. The van der Waals surface area contributed by atoms with Gasteiger partial charge in [0.2, 0.25) is 5.95 Å². The van der Waals surface area contributed by atoms with Gasteiger partial charge < -0.3 is 25.2 Å². The van der Waals surface area contributed by atoms with Gasteiger partial charge >= 0.3 is 0 Å². The number of rotatable bonds is 6. The molecule has 9 heteroatoms. The quantitative estimate of drug-likeness (QED) is 0.622. The average Bonchev–Trinajstić information content (AvgIpc) is 2.79. The van der Waals surface area contributed by atoms with E-state index in [0.717, 1.165) is 77.2 Å². The Labute approximate surface area is 198 Å². The maximum atomic E-state index is 5.57. The van der Waals surface area contributed by atoms with Crippen LogP contribution in [-0.4, -0.2) is 85.6 Å². The minimum absolute atomic E-state index is 0.584. The van der Waals surface area contributed by atoms with Crippen molar-refractivity contribution in [2.45, 2.75) is 39.5 Å². The van der Waals surface area contributed by atoms with Crippen LogP contribution in [-0.2, 0) is 4.74 Å². The van der Waals surface area contributed by atoms with Crippen molar-refractivity contribution in [3.8, 4) is 0 Å². The minimum atomic E-state index is 0.584. The molecule has 3 aliphatic heterocycles. The first kappa shape index (κ1) is 23.4. The molecule has 178 valence electrons. The molecule has 0 spiro atoms.